The van der Waals surface area contributed by atoms with Gasteiger partial charge in [0.05, 0.1) is 36.2 Å². The minimum Gasteiger partial charge on any atom is -0.379 e. The lowest BCUT2D eigenvalue weighted by molar-refractivity contribution is -0.0519. The molecule has 168 valence electrons. The summed E-state index contributed by atoms with van der Waals surface area (Å²) in [5.74, 6) is 2.02. The molecule has 0 saturated carbocycles. The SMILES string of the molecule is CCCNc1nc(C2(C)COC2)cc2cnc(Nc3ccc(N4CCNCC4)cn3)nc12. The molecule has 32 heavy (non-hydrogen) atoms. The number of pyridine rings is 2. The molecule has 5 heterocycles. The Morgan fingerprint density at radius 3 is 2.66 bits per heavy atom. The van der Waals surface area contributed by atoms with Crippen LogP contribution in [0.2, 0.25) is 0 Å². The van der Waals surface area contributed by atoms with Crippen molar-refractivity contribution in [3.63, 3.8) is 0 Å². The predicted octanol–water partition coefficient (Wildman–Crippen LogP) is 2.68. The van der Waals surface area contributed by atoms with Crippen LogP contribution in [0.15, 0.2) is 30.6 Å². The number of ether oxygens (including phenoxy) is 1. The summed E-state index contributed by atoms with van der Waals surface area (Å²) < 4.78 is 5.44. The smallest absolute Gasteiger partial charge is 0.229 e. The van der Waals surface area contributed by atoms with Gasteiger partial charge in [0.25, 0.3) is 0 Å². The molecular weight excluding hydrogens is 404 g/mol. The summed E-state index contributed by atoms with van der Waals surface area (Å²) in [6.45, 7) is 10.5. The summed E-state index contributed by atoms with van der Waals surface area (Å²) in [6, 6.07) is 6.14. The van der Waals surface area contributed by atoms with Crippen LogP contribution in [0.4, 0.5) is 23.3 Å². The van der Waals surface area contributed by atoms with Gasteiger partial charge in [0.15, 0.2) is 5.82 Å². The van der Waals surface area contributed by atoms with Gasteiger partial charge < -0.3 is 25.6 Å². The van der Waals surface area contributed by atoms with Crippen molar-refractivity contribution >= 4 is 34.2 Å². The van der Waals surface area contributed by atoms with E-state index in [1.807, 2.05) is 18.5 Å². The van der Waals surface area contributed by atoms with Crippen molar-refractivity contribution in [2.24, 2.45) is 0 Å². The van der Waals surface area contributed by atoms with Crippen molar-refractivity contribution in [1.82, 2.24) is 25.3 Å². The minimum atomic E-state index is -0.0517. The summed E-state index contributed by atoms with van der Waals surface area (Å²) in [5, 5.41) is 11.0. The standard InChI is InChI=1S/C23H30N8O/c1-3-6-25-21-20-16(11-18(28-21)23(2)14-32-15-23)12-27-22(30-20)29-19-5-4-17(13-26-19)31-9-7-24-8-10-31/h4-5,11-13,24H,3,6-10,14-15H2,1-2H3,(H,25,28)(H,26,27,29,30). The second kappa shape index (κ2) is 8.84. The maximum absolute atomic E-state index is 5.44. The number of anilines is 4. The van der Waals surface area contributed by atoms with E-state index in [0.29, 0.717) is 19.2 Å². The fraction of sp³-hybridized carbons (Fsp3) is 0.478. The Balaban J connectivity index is 1.40. The second-order valence-corrected chi connectivity index (χ2v) is 8.73. The molecule has 0 unspecified atom stereocenters. The van der Waals surface area contributed by atoms with Crippen molar-refractivity contribution in [3.8, 4) is 0 Å². The normalized spacial score (nSPS) is 17.8. The van der Waals surface area contributed by atoms with Crippen LogP contribution < -0.4 is 20.9 Å². The zero-order chi connectivity index (χ0) is 22.0. The number of hydrogen-bond donors (Lipinski definition) is 3. The van der Waals surface area contributed by atoms with Gasteiger partial charge in [-0.2, -0.15) is 0 Å². The van der Waals surface area contributed by atoms with Gasteiger partial charge in [0, 0.05) is 44.3 Å². The Kier molecular flexibility index (Phi) is 5.75. The van der Waals surface area contributed by atoms with Crippen molar-refractivity contribution in [1.29, 1.82) is 0 Å². The van der Waals surface area contributed by atoms with Crippen molar-refractivity contribution < 1.29 is 4.74 Å². The summed E-state index contributed by atoms with van der Waals surface area (Å²) in [6.07, 6.45) is 4.76. The van der Waals surface area contributed by atoms with Gasteiger partial charge >= 0.3 is 0 Å². The molecule has 0 radical (unpaired) electrons. The lowest BCUT2D eigenvalue weighted by atomic mass is 9.84. The molecule has 2 aliphatic heterocycles. The maximum atomic E-state index is 5.44. The molecule has 0 atom stereocenters. The van der Waals surface area contributed by atoms with Crippen LogP contribution in [-0.4, -0.2) is 65.9 Å². The second-order valence-electron chi connectivity index (χ2n) is 8.73. The first-order chi connectivity index (χ1) is 15.6. The third-order valence-electron chi connectivity index (χ3n) is 6.04. The van der Waals surface area contributed by atoms with Crippen LogP contribution in [0.5, 0.6) is 0 Å². The third kappa shape index (κ3) is 4.18. The van der Waals surface area contributed by atoms with E-state index < -0.39 is 0 Å². The minimum absolute atomic E-state index is 0.0517. The first kappa shape index (κ1) is 20.8. The first-order valence-electron chi connectivity index (χ1n) is 11.3. The zero-order valence-electron chi connectivity index (χ0n) is 18.7. The van der Waals surface area contributed by atoms with Gasteiger partial charge in [-0.15, -0.1) is 0 Å². The Morgan fingerprint density at radius 1 is 1.12 bits per heavy atom. The molecule has 0 aliphatic carbocycles. The average Bonchev–Trinajstić information content (AvgIpc) is 2.82. The van der Waals surface area contributed by atoms with Gasteiger partial charge in [-0.05, 0) is 31.5 Å². The number of rotatable bonds is 7. The van der Waals surface area contributed by atoms with E-state index in [4.69, 9.17) is 14.7 Å². The highest BCUT2D eigenvalue weighted by Crippen LogP contribution is 2.34. The molecule has 3 aromatic rings. The van der Waals surface area contributed by atoms with Crippen LogP contribution >= 0.6 is 0 Å². The van der Waals surface area contributed by atoms with Crippen LogP contribution in [0, 0.1) is 0 Å². The van der Waals surface area contributed by atoms with E-state index in [2.05, 4.69) is 56.8 Å². The maximum Gasteiger partial charge on any atom is 0.229 e. The molecule has 2 aliphatic rings. The number of nitrogens with zero attached hydrogens (tertiary/aromatic N) is 5. The van der Waals surface area contributed by atoms with Gasteiger partial charge in [0.2, 0.25) is 5.95 Å². The van der Waals surface area contributed by atoms with Crippen LogP contribution in [0.3, 0.4) is 0 Å². The predicted molar refractivity (Wildman–Crippen MR) is 127 cm³/mol. The fourth-order valence-corrected chi connectivity index (χ4v) is 4.02. The average molecular weight is 435 g/mol. The molecule has 3 aromatic heterocycles. The van der Waals surface area contributed by atoms with E-state index in [1.165, 1.54) is 0 Å². The molecule has 9 nitrogen and oxygen atoms in total. The molecule has 2 saturated heterocycles. The van der Waals surface area contributed by atoms with Gasteiger partial charge in [-0.1, -0.05) is 6.92 Å². The van der Waals surface area contributed by atoms with Crippen molar-refractivity contribution in [2.45, 2.75) is 25.7 Å². The molecule has 2 fully saturated rings. The number of piperazine rings is 1. The third-order valence-corrected chi connectivity index (χ3v) is 6.04. The van der Waals surface area contributed by atoms with Crippen molar-refractivity contribution in [3.05, 3.63) is 36.3 Å². The first-order valence-corrected chi connectivity index (χ1v) is 11.3. The molecule has 5 rings (SSSR count). The highest BCUT2D eigenvalue weighted by molar-refractivity contribution is 5.89. The number of fused-ring (bicyclic) bond motifs is 1. The lowest BCUT2D eigenvalue weighted by Gasteiger charge is -2.37. The number of hydrogen-bond acceptors (Lipinski definition) is 9. The van der Waals surface area contributed by atoms with E-state index in [-0.39, 0.29) is 5.41 Å². The summed E-state index contributed by atoms with van der Waals surface area (Å²) >= 11 is 0. The van der Waals surface area contributed by atoms with Crippen LogP contribution in [-0.2, 0) is 10.2 Å². The lowest BCUT2D eigenvalue weighted by Crippen LogP contribution is -2.44. The Morgan fingerprint density at radius 2 is 1.97 bits per heavy atom. The quantitative estimate of drug-likeness (QED) is 0.518. The monoisotopic (exact) mass is 434 g/mol. The highest BCUT2D eigenvalue weighted by Gasteiger charge is 2.37. The van der Waals surface area contributed by atoms with Crippen LogP contribution in [0.1, 0.15) is 26.0 Å². The van der Waals surface area contributed by atoms with E-state index in [9.17, 15) is 0 Å². The number of aromatic nitrogens is 4. The van der Waals surface area contributed by atoms with E-state index in [1.54, 1.807) is 0 Å². The zero-order valence-corrected chi connectivity index (χ0v) is 18.7. The summed E-state index contributed by atoms with van der Waals surface area (Å²) in [4.78, 5) is 21.1. The fourth-order valence-electron chi connectivity index (χ4n) is 4.02. The summed E-state index contributed by atoms with van der Waals surface area (Å²) in [5.41, 5.74) is 2.90. The van der Waals surface area contributed by atoms with E-state index in [0.717, 1.165) is 73.1 Å². The topological polar surface area (TPSA) is 100 Å². The van der Waals surface area contributed by atoms with Gasteiger partial charge in [0.1, 0.15) is 11.3 Å². The number of nitrogens with one attached hydrogen (secondary N) is 3. The molecule has 9 heteroatoms. The molecular formula is C23H30N8O. The highest BCUT2D eigenvalue weighted by atomic mass is 16.5. The van der Waals surface area contributed by atoms with Gasteiger partial charge in [-0.3, -0.25) is 0 Å². The van der Waals surface area contributed by atoms with Crippen LogP contribution in [0.25, 0.3) is 10.9 Å². The summed E-state index contributed by atoms with van der Waals surface area (Å²) in [7, 11) is 0. The molecule has 0 amide bonds. The van der Waals surface area contributed by atoms with Gasteiger partial charge in [-0.25, -0.2) is 19.9 Å². The molecule has 3 N–H and O–H groups in total. The Bertz CT molecular complexity index is 1080. The molecule has 0 bridgehead atoms. The van der Waals surface area contributed by atoms with E-state index >= 15 is 0 Å². The Hall–Kier alpha value is -3.04. The Labute approximate surface area is 188 Å². The largest absolute Gasteiger partial charge is 0.379 e. The molecule has 0 spiro atoms. The van der Waals surface area contributed by atoms with Crippen molar-refractivity contribution in [2.75, 3.05) is 61.5 Å². The molecule has 0 aromatic carbocycles.